The molecule has 3 aromatic rings. The van der Waals surface area contributed by atoms with E-state index in [4.69, 9.17) is 14.9 Å². The molecule has 1 aromatic heterocycles. The number of anilines is 1. The molecule has 182 valence electrons. The number of nitrogens with zero attached hydrogens (tertiary/aromatic N) is 1. The first kappa shape index (κ1) is 24.3. The predicted molar refractivity (Wildman–Crippen MR) is 139 cm³/mol. The summed E-state index contributed by atoms with van der Waals surface area (Å²) in [4.78, 5) is 16.1. The lowest BCUT2D eigenvalue weighted by molar-refractivity contribution is 0.0961. The normalized spacial score (nSPS) is 18.9. The predicted octanol–water partition coefficient (Wildman–Crippen LogP) is 6.62. The Hall–Kier alpha value is -2.79. The number of ether oxygens (including phenoxy) is 1. The van der Waals surface area contributed by atoms with Crippen LogP contribution in [0.5, 0.6) is 5.75 Å². The minimum atomic E-state index is -0.0323. The Morgan fingerprint density at radius 2 is 1.82 bits per heavy atom. The van der Waals surface area contributed by atoms with Gasteiger partial charge in [0.1, 0.15) is 17.1 Å². The molecule has 2 heterocycles. The standard InChI is InChI=1S/C29H38N2O3/c1-4-5-10-27-28(25-19-23(30)13-16-26(25)34-27)29(32)22-11-14-24(15-12-22)33-18-7-17-31-20(2)8-6-9-21(31)3/h11-16,19-21H,4-10,17-18,30H2,1-3H3. The highest BCUT2D eigenvalue weighted by molar-refractivity contribution is 6.17. The molecular formula is C29H38N2O3. The molecule has 0 bridgehead atoms. The van der Waals surface area contributed by atoms with Crippen molar-refractivity contribution >= 4 is 22.4 Å². The molecule has 1 fully saturated rings. The van der Waals surface area contributed by atoms with Gasteiger partial charge in [-0.2, -0.15) is 0 Å². The van der Waals surface area contributed by atoms with E-state index < -0.39 is 0 Å². The van der Waals surface area contributed by atoms with E-state index in [1.54, 1.807) is 0 Å². The molecule has 2 unspecified atom stereocenters. The number of piperidine rings is 1. The third kappa shape index (κ3) is 5.47. The molecule has 2 atom stereocenters. The number of nitrogens with two attached hydrogens (primary N) is 1. The zero-order valence-electron chi connectivity index (χ0n) is 20.8. The Morgan fingerprint density at radius 3 is 2.53 bits per heavy atom. The molecule has 1 saturated heterocycles. The van der Waals surface area contributed by atoms with Crippen LogP contribution >= 0.6 is 0 Å². The average Bonchev–Trinajstić information content (AvgIpc) is 3.19. The molecule has 0 saturated carbocycles. The number of unbranched alkanes of at least 4 members (excludes halogenated alkanes) is 1. The van der Waals surface area contributed by atoms with Crippen molar-refractivity contribution < 1.29 is 13.9 Å². The number of furan rings is 1. The fourth-order valence-corrected chi connectivity index (χ4v) is 5.13. The molecular weight excluding hydrogens is 424 g/mol. The topological polar surface area (TPSA) is 68.7 Å². The van der Waals surface area contributed by atoms with Crippen molar-refractivity contribution in [1.29, 1.82) is 0 Å². The summed E-state index contributed by atoms with van der Waals surface area (Å²) in [5.74, 6) is 1.51. The second-order valence-corrected chi connectivity index (χ2v) is 9.68. The monoisotopic (exact) mass is 462 g/mol. The molecule has 0 spiro atoms. The van der Waals surface area contributed by atoms with Gasteiger partial charge in [-0.1, -0.05) is 19.8 Å². The SMILES string of the molecule is CCCCc1oc2ccc(N)cc2c1C(=O)c1ccc(OCCCN2C(C)CCCC2C)cc1. The van der Waals surface area contributed by atoms with E-state index in [2.05, 4.69) is 25.7 Å². The van der Waals surface area contributed by atoms with E-state index >= 15 is 0 Å². The first-order valence-corrected chi connectivity index (χ1v) is 12.8. The van der Waals surface area contributed by atoms with Gasteiger partial charge in [-0.15, -0.1) is 0 Å². The maximum atomic E-state index is 13.5. The van der Waals surface area contributed by atoms with Crippen molar-refractivity contribution in [2.75, 3.05) is 18.9 Å². The highest BCUT2D eigenvalue weighted by Crippen LogP contribution is 2.31. The molecule has 34 heavy (non-hydrogen) atoms. The molecule has 5 nitrogen and oxygen atoms in total. The summed E-state index contributed by atoms with van der Waals surface area (Å²) in [7, 11) is 0. The molecule has 0 amide bonds. The number of rotatable bonds is 10. The summed E-state index contributed by atoms with van der Waals surface area (Å²) in [6.07, 6.45) is 7.66. The average molecular weight is 463 g/mol. The van der Waals surface area contributed by atoms with Gasteiger partial charge in [0.2, 0.25) is 0 Å². The van der Waals surface area contributed by atoms with Crippen LogP contribution in [0, 0.1) is 0 Å². The van der Waals surface area contributed by atoms with Crippen LogP contribution in [0.4, 0.5) is 5.69 Å². The van der Waals surface area contributed by atoms with Crippen LogP contribution in [0.2, 0.25) is 0 Å². The first-order chi connectivity index (χ1) is 16.5. The molecule has 4 rings (SSSR count). The molecule has 1 aliphatic heterocycles. The Kier molecular flexibility index (Phi) is 7.94. The van der Waals surface area contributed by atoms with Gasteiger partial charge < -0.3 is 14.9 Å². The van der Waals surface area contributed by atoms with Gasteiger partial charge in [0.05, 0.1) is 12.2 Å². The summed E-state index contributed by atoms with van der Waals surface area (Å²) in [6, 6.07) is 14.3. The van der Waals surface area contributed by atoms with Gasteiger partial charge in [-0.05, 0) is 82.0 Å². The van der Waals surface area contributed by atoms with Gasteiger partial charge in [-0.3, -0.25) is 9.69 Å². The molecule has 0 aliphatic carbocycles. The van der Waals surface area contributed by atoms with E-state index in [-0.39, 0.29) is 5.78 Å². The Morgan fingerprint density at radius 1 is 1.09 bits per heavy atom. The number of hydrogen-bond acceptors (Lipinski definition) is 5. The molecule has 2 N–H and O–H groups in total. The third-order valence-electron chi connectivity index (χ3n) is 7.09. The lowest BCUT2D eigenvalue weighted by Crippen LogP contribution is -2.44. The van der Waals surface area contributed by atoms with Crippen LogP contribution in [0.3, 0.4) is 0 Å². The van der Waals surface area contributed by atoms with Crippen LogP contribution in [0.15, 0.2) is 46.9 Å². The fourth-order valence-electron chi connectivity index (χ4n) is 5.13. The summed E-state index contributed by atoms with van der Waals surface area (Å²) >= 11 is 0. The fraction of sp³-hybridized carbons (Fsp3) is 0.483. The third-order valence-corrected chi connectivity index (χ3v) is 7.09. The zero-order valence-corrected chi connectivity index (χ0v) is 20.8. The minimum absolute atomic E-state index is 0.0323. The van der Waals surface area contributed by atoms with E-state index in [0.29, 0.717) is 41.1 Å². The second-order valence-electron chi connectivity index (χ2n) is 9.68. The summed E-state index contributed by atoms with van der Waals surface area (Å²) in [6.45, 7) is 8.54. The maximum absolute atomic E-state index is 13.5. The van der Waals surface area contributed by atoms with Crippen molar-refractivity contribution in [1.82, 2.24) is 4.90 Å². The van der Waals surface area contributed by atoms with E-state index in [1.807, 2.05) is 42.5 Å². The highest BCUT2D eigenvalue weighted by atomic mass is 16.5. The van der Waals surface area contributed by atoms with E-state index in [9.17, 15) is 4.79 Å². The number of aryl methyl sites for hydroxylation is 1. The molecule has 5 heteroatoms. The number of nitrogen functional groups attached to an aromatic ring is 1. The maximum Gasteiger partial charge on any atom is 0.197 e. The highest BCUT2D eigenvalue weighted by Gasteiger charge is 2.24. The van der Waals surface area contributed by atoms with Crippen molar-refractivity contribution in [2.45, 2.75) is 77.8 Å². The van der Waals surface area contributed by atoms with Crippen molar-refractivity contribution in [3.8, 4) is 5.75 Å². The van der Waals surface area contributed by atoms with Gasteiger partial charge >= 0.3 is 0 Å². The largest absolute Gasteiger partial charge is 0.494 e. The lowest BCUT2D eigenvalue weighted by atomic mass is 9.97. The van der Waals surface area contributed by atoms with Crippen LogP contribution in [-0.4, -0.2) is 35.9 Å². The number of likely N-dealkylation sites (tertiary alicyclic amines) is 1. The summed E-state index contributed by atoms with van der Waals surface area (Å²) in [5, 5.41) is 0.789. The van der Waals surface area contributed by atoms with Crippen molar-refractivity contribution in [3.05, 3.63) is 59.4 Å². The van der Waals surface area contributed by atoms with Gasteiger partial charge in [0.15, 0.2) is 5.78 Å². The van der Waals surface area contributed by atoms with Crippen molar-refractivity contribution in [2.24, 2.45) is 0 Å². The molecule has 0 radical (unpaired) electrons. The van der Waals surface area contributed by atoms with E-state index in [0.717, 1.165) is 49.1 Å². The number of benzene rings is 2. The molecule has 2 aromatic carbocycles. The van der Waals surface area contributed by atoms with Gasteiger partial charge in [0, 0.05) is 41.7 Å². The van der Waals surface area contributed by atoms with Gasteiger partial charge in [-0.25, -0.2) is 0 Å². The van der Waals surface area contributed by atoms with Crippen LogP contribution in [0.1, 0.15) is 81.0 Å². The van der Waals surface area contributed by atoms with Gasteiger partial charge in [0.25, 0.3) is 0 Å². The number of fused-ring (bicyclic) bond motifs is 1. The number of hydrogen-bond donors (Lipinski definition) is 1. The number of carbonyl (C=O) groups is 1. The summed E-state index contributed by atoms with van der Waals surface area (Å²) in [5.41, 5.74) is 8.61. The van der Waals surface area contributed by atoms with Crippen molar-refractivity contribution in [3.63, 3.8) is 0 Å². The Bertz CT molecular complexity index is 1090. The number of ketones is 1. The minimum Gasteiger partial charge on any atom is -0.494 e. The zero-order chi connectivity index (χ0) is 24.1. The van der Waals surface area contributed by atoms with Crippen LogP contribution in [-0.2, 0) is 6.42 Å². The second kappa shape index (κ2) is 11.1. The molecule has 1 aliphatic rings. The number of carbonyl (C=O) groups excluding carboxylic acids is 1. The van der Waals surface area contributed by atoms with Crippen LogP contribution < -0.4 is 10.5 Å². The quantitative estimate of drug-likeness (QED) is 0.208. The lowest BCUT2D eigenvalue weighted by Gasteiger charge is -2.39. The van der Waals surface area contributed by atoms with Crippen LogP contribution in [0.25, 0.3) is 11.0 Å². The van der Waals surface area contributed by atoms with E-state index in [1.165, 1.54) is 19.3 Å². The summed E-state index contributed by atoms with van der Waals surface area (Å²) < 4.78 is 12.0. The first-order valence-electron chi connectivity index (χ1n) is 12.8. The Balaban J connectivity index is 1.41. The Labute approximate surface area is 203 Å². The smallest absolute Gasteiger partial charge is 0.197 e.